The second-order valence-electron chi connectivity index (χ2n) is 15.5. The molecule has 1 spiro atoms. The molecule has 3 aliphatic rings. The van der Waals surface area contributed by atoms with Crippen LogP contribution in [0.4, 0.5) is 22.7 Å². The summed E-state index contributed by atoms with van der Waals surface area (Å²) in [7, 11) is -1.00. The summed E-state index contributed by atoms with van der Waals surface area (Å²) in [6, 6.07) is 25.8. The molecule has 3 heterocycles. The summed E-state index contributed by atoms with van der Waals surface area (Å²) < 4.78 is 12.5. The summed E-state index contributed by atoms with van der Waals surface area (Å²) in [5.74, 6) is -0.569. The van der Waals surface area contributed by atoms with E-state index in [1.54, 1.807) is 59.4 Å². The summed E-state index contributed by atoms with van der Waals surface area (Å²) in [4.78, 5) is 57.1. The van der Waals surface area contributed by atoms with E-state index in [9.17, 15) is 24.8 Å². The zero-order chi connectivity index (χ0) is 39.9. The molecule has 0 aromatic heterocycles. The van der Waals surface area contributed by atoms with Crippen molar-refractivity contribution >= 4 is 53.7 Å². The molecule has 0 unspecified atom stereocenters. The molecule has 0 radical (unpaired) electrons. The number of nitrogens with two attached hydrogens (primary N) is 1. The first kappa shape index (κ1) is 38.7. The van der Waals surface area contributed by atoms with Crippen molar-refractivity contribution in [2.75, 3.05) is 36.2 Å². The van der Waals surface area contributed by atoms with Crippen LogP contribution in [0.25, 0.3) is 0 Å². The van der Waals surface area contributed by atoms with Gasteiger partial charge in [0.25, 0.3) is 17.5 Å². The Bertz CT molecular complexity index is 2150. The number of non-ortho nitro benzene ring substituents is 1. The molecular formula is C42H47N5O8Si. The first-order chi connectivity index (χ1) is 26.8. The summed E-state index contributed by atoms with van der Waals surface area (Å²) in [5.41, 5.74) is 6.96. The van der Waals surface area contributed by atoms with Crippen molar-refractivity contribution in [2.45, 2.75) is 69.1 Å². The minimum Gasteiger partial charge on any atom is -0.497 e. The molecule has 4 aromatic rings. The van der Waals surface area contributed by atoms with E-state index in [1.807, 2.05) is 43.3 Å². The van der Waals surface area contributed by atoms with Gasteiger partial charge in [-0.05, 0) is 78.5 Å². The van der Waals surface area contributed by atoms with E-state index in [4.69, 9.17) is 15.2 Å². The predicted molar refractivity (Wildman–Crippen MR) is 216 cm³/mol. The number of hydrogen-bond acceptors (Lipinski definition) is 9. The Morgan fingerprint density at radius 2 is 1.75 bits per heavy atom. The van der Waals surface area contributed by atoms with Crippen LogP contribution < -0.4 is 25.9 Å². The highest BCUT2D eigenvalue weighted by Gasteiger charge is 2.67. The molecule has 5 atom stereocenters. The normalized spacial score (nSPS) is 23.1. The quantitative estimate of drug-likeness (QED) is 0.0760. The average molecular weight is 778 g/mol. The van der Waals surface area contributed by atoms with Gasteiger partial charge in [-0.2, -0.15) is 0 Å². The zero-order valence-corrected chi connectivity index (χ0v) is 32.9. The summed E-state index contributed by atoms with van der Waals surface area (Å²) in [5, 5.41) is 26.2. The van der Waals surface area contributed by atoms with Gasteiger partial charge in [-0.25, -0.2) is 0 Å². The molecule has 3 amide bonds. The maximum Gasteiger partial charge on any atom is 0.269 e. The highest BCUT2D eigenvalue weighted by atomic mass is 28.3. The summed E-state index contributed by atoms with van der Waals surface area (Å²) in [6.07, 6.45) is 0.810. The number of anilines is 3. The number of hydrogen-bond donors (Lipinski definition) is 3. The topological polar surface area (TPSA) is 178 Å². The Labute approximate surface area is 326 Å². The molecule has 4 N–H and O–H groups in total. The highest BCUT2D eigenvalue weighted by Crippen LogP contribution is 2.60. The maximum absolute atomic E-state index is 15.2. The minimum atomic E-state index is -2.61. The van der Waals surface area contributed by atoms with Crippen molar-refractivity contribution in [3.8, 4) is 5.75 Å². The lowest BCUT2D eigenvalue weighted by molar-refractivity contribution is -0.385. The van der Waals surface area contributed by atoms with Gasteiger partial charge in [-0.3, -0.25) is 24.5 Å². The molecule has 14 heteroatoms. The fourth-order valence-electron chi connectivity index (χ4n) is 9.13. The van der Waals surface area contributed by atoms with Gasteiger partial charge in [-0.15, -0.1) is 0 Å². The number of amides is 3. The average Bonchev–Trinajstić information content (AvgIpc) is 3.86. The van der Waals surface area contributed by atoms with E-state index >= 15 is 4.79 Å². The molecule has 292 valence electrons. The number of benzene rings is 4. The van der Waals surface area contributed by atoms with Gasteiger partial charge in [0.1, 0.15) is 5.75 Å². The lowest BCUT2D eigenvalue weighted by atomic mass is 9.82. The second-order valence-corrected chi connectivity index (χ2v) is 20.2. The first-order valence-corrected chi connectivity index (χ1v) is 22.0. The number of aliphatic hydroxyl groups is 1. The van der Waals surface area contributed by atoms with Crippen molar-refractivity contribution in [1.29, 1.82) is 0 Å². The number of nitrogen functional groups attached to an aromatic ring is 1. The monoisotopic (exact) mass is 777 g/mol. The van der Waals surface area contributed by atoms with E-state index < -0.39 is 30.6 Å². The van der Waals surface area contributed by atoms with Crippen LogP contribution in [0.3, 0.4) is 0 Å². The van der Waals surface area contributed by atoms with Gasteiger partial charge in [-0.1, -0.05) is 49.5 Å². The molecule has 0 aliphatic carbocycles. The fraction of sp³-hybridized carbons (Fsp3) is 0.357. The molecule has 7 rings (SSSR count). The predicted octanol–water partition coefficient (Wildman–Crippen LogP) is 5.57. The standard InChI is InChI=1S/C42H47N5O8Si/c1-26-39(56(3,4)34-18-16-33(54-2)17-19-34)37(23-38(49)45-21-5-6-32(45)25-48)55-42(26)35-22-31(47(52)53)15-20-36(35)46(41(42)51)24-27-7-13-30(14-8-27)44-40(50)28-9-11-29(43)12-10-28/h7-20,22,26,32,37,39,48H,5-6,21,23-25,43H2,1-4H3,(H,44,50)/t26-,32+,37+,39-,42+/m1/s1. The van der Waals surface area contributed by atoms with Gasteiger partial charge in [0.2, 0.25) is 5.91 Å². The van der Waals surface area contributed by atoms with Gasteiger partial charge in [0.15, 0.2) is 5.60 Å². The number of methoxy groups -OCH3 is 1. The SMILES string of the molecule is COc1ccc([Si](C)(C)[C@H]2[C@H](CC(=O)N3CCC[C@H]3CO)O[C@@]3(C(=O)N(Cc4ccc(NC(=O)c5ccc(N)cc5)cc4)c4ccc([N+](=O)[O-])cc43)[C@@H]2C)cc1. The molecule has 0 bridgehead atoms. The van der Waals surface area contributed by atoms with Crippen LogP contribution >= 0.6 is 0 Å². The van der Waals surface area contributed by atoms with Gasteiger partial charge in [0.05, 0.1) is 57.5 Å². The van der Waals surface area contributed by atoms with Crippen molar-refractivity contribution in [3.05, 3.63) is 118 Å². The highest BCUT2D eigenvalue weighted by molar-refractivity contribution is 6.91. The fourth-order valence-corrected chi connectivity index (χ4v) is 13.1. The van der Waals surface area contributed by atoms with Crippen molar-refractivity contribution in [3.63, 3.8) is 0 Å². The molecule has 2 fully saturated rings. The van der Waals surface area contributed by atoms with E-state index in [2.05, 4.69) is 18.4 Å². The Kier molecular flexibility index (Phi) is 10.5. The van der Waals surface area contributed by atoms with Crippen molar-refractivity contribution in [1.82, 2.24) is 4.90 Å². The molecule has 56 heavy (non-hydrogen) atoms. The third kappa shape index (κ3) is 6.81. The summed E-state index contributed by atoms with van der Waals surface area (Å²) in [6.45, 7) is 6.93. The number of nitro groups is 1. The van der Waals surface area contributed by atoms with E-state index in [-0.39, 0.29) is 54.6 Å². The van der Waals surface area contributed by atoms with E-state index in [1.165, 1.54) is 12.1 Å². The molecule has 4 aromatic carbocycles. The van der Waals surface area contributed by atoms with Crippen LogP contribution in [0.15, 0.2) is 91.0 Å². The number of likely N-dealkylation sites (tertiary alicyclic amines) is 1. The van der Waals surface area contributed by atoms with Gasteiger partial charge < -0.3 is 35.4 Å². The number of carbonyl (C=O) groups excluding carboxylic acids is 3. The van der Waals surface area contributed by atoms with Crippen molar-refractivity contribution in [2.24, 2.45) is 5.92 Å². The van der Waals surface area contributed by atoms with E-state index in [0.717, 1.165) is 17.2 Å². The Morgan fingerprint density at radius 1 is 1.05 bits per heavy atom. The lowest BCUT2D eigenvalue weighted by Gasteiger charge is -2.37. The number of rotatable bonds is 11. The first-order valence-electron chi connectivity index (χ1n) is 18.9. The second kappa shape index (κ2) is 15.2. The molecular weight excluding hydrogens is 731 g/mol. The minimum absolute atomic E-state index is 0.000923. The van der Waals surface area contributed by atoms with Crippen molar-refractivity contribution < 1.29 is 33.9 Å². The maximum atomic E-state index is 15.2. The number of nitrogens with zero attached hydrogens (tertiary/aromatic N) is 3. The summed E-state index contributed by atoms with van der Waals surface area (Å²) >= 11 is 0. The molecule has 2 saturated heterocycles. The zero-order valence-electron chi connectivity index (χ0n) is 31.9. The van der Waals surface area contributed by atoms with Crippen LogP contribution in [-0.2, 0) is 26.5 Å². The molecule has 0 saturated carbocycles. The number of fused-ring (bicyclic) bond motifs is 2. The number of nitrogens with one attached hydrogen (secondary N) is 1. The Morgan fingerprint density at radius 3 is 2.39 bits per heavy atom. The van der Waals surface area contributed by atoms with Crippen LogP contribution in [0.5, 0.6) is 5.75 Å². The van der Waals surface area contributed by atoms with Crippen LogP contribution in [0.2, 0.25) is 18.6 Å². The third-order valence-corrected chi connectivity index (χ3v) is 16.4. The van der Waals surface area contributed by atoms with Crippen LogP contribution in [0.1, 0.15) is 47.7 Å². The smallest absolute Gasteiger partial charge is 0.269 e. The number of aliphatic hydroxyl groups excluding tert-OH is 1. The molecule has 13 nitrogen and oxygen atoms in total. The third-order valence-electron chi connectivity index (χ3n) is 12.0. The number of ether oxygens (including phenoxy) is 2. The lowest BCUT2D eigenvalue weighted by Crippen LogP contribution is -2.52. The number of carbonyl (C=O) groups is 3. The van der Waals surface area contributed by atoms with Crippen LogP contribution in [0, 0.1) is 16.0 Å². The van der Waals surface area contributed by atoms with Gasteiger partial charge in [0, 0.05) is 47.1 Å². The Hall–Kier alpha value is -5.57. The largest absolute Gasteiger partial charge is 0.497 e. The van der Waals surface area contributed by atoms with E-state index in [0.29, 0.717) is 46.9 Å². The number of nitro benzene ring substituents is 1. The Balaban J connectivity index is 1.25. The van der Waals surface area contributed by atoms with Gasteiger partial charge >= 0.3 is 0 Å². The van der Waals surface area contributed by atoms with Crippen LogP contribution in [-0.4, -0.2) is 73.1 Å². The molecule has 3 aliphatic heterocycles.